The van der Waals surface area contributed by atoms with Crippen LogP contribution in [0.15, 0.2) is 83.6 Å². The number of benzene rings is 2. The van der Waals surface area contributed by atoms with Crippen LogP contribution < -0.4 is 0 Å². The summed E-state index contributed by atoms with van der Waals surface area (Å²) >= 11 is 1.71. The molecule has 3 nitrogen and oxygen atoms in total. The van der Waals surface area contributed by atoms with Crippen molar-refractivity contribution in [2.24, 2.45) is 0 Å². The van der Waals surface area contributed by atoms with E-state index in [9.17, 15) is 0 Å². The van der Waals surface area contributed by atoms with E-state index in [-0.39, 0.29) is 5.41 Å². The quantitative estimate of drug-likeness (QED) is 0.191. The van der Waals surface area contributed by atoms with Gasteiger partial charge in [-0.1, -0.05) is 92.5 Å². The molecular formula is C29H32N2OSSi. The maximum atomic E-state index is 6.19. The van der Waals surface area contributed by atoms with E-state index in [1.54, 1.807) is 11.3 Å². The Kier molecular flexibility index (Phi) is 6.43. The van der Waals surface area contributed by atoms with Crippen molar-refractivity contribution in [2.45, 2.75) is 44.3 Å². The first kappa shape index (κ1) is 23.0. The molecule has 1 aliphatic rings. The van der Waals surface area contributed by atoms with Crippen LogP contribution in [-0.4, -0.2) is 24.5 Å². The highest BCUT2D eigenvalue weighted by Crippen LogP contribution is 2.43. The van der Waals surface area contributed by atoms with Gasteiger partial charge in [0.15, 0.2) is 0 Å². The molecule has 0 N–H and O–H groups in total. The molecular weight excluding hydrogens is 452 g/mol. The van der Waals surface area contributed by atoms with E-state index in [1.165, 1.54) is 27.9 Å². The Bertz CT molecular complexity index is 1220. The summed E-state index contributed by atoms with van der Waals surface area (Å²) in [5, 5.41) is 9.38. The van der Waals surface area contributed by atoms with Crippen molar-refractivity contribution in [3.8, 4) is 11.3 Å². The van der Waals surface area contributed by atoms with E-state index >= 15 is 0 Å². The minimum atomic E-state index is -1.14. The van der Waals surface area contributed by atoms with E-state index in [4.69, 9.17) is 9.84 Å². The molecule has 0 unspecified atom stereocenters. The van der Waals surface area contributed by atoms with Gasteiger partial charge in [0.1, 0.15) is 12.4 Å². The molecule has 0 saturated heterocycles. The van der Waals surface area contributed by atoms with Gasteiger partial charge in [-0.15, -0.1) is 0 Å². The number of hydrogen-bond acceptors (Lipinski definition) is 3. The first-order chi connectivity index (χ1) is 16.5. The van der Waals surface area contributed by atoms with Crippen LogP contribution in [0.1, 0.15) is 22.4 Å². The average Bonchev–Trinajstić information content (AvgIpc) is 3.50. The van der Waals surface area contributed by atoms with Gasteiger partial charge in [0.05, 0.1) is 5.69 Å². The van der Waals surface area contributed by atoms with Gasteiger partial charge in [0.2, 0.25) is 0 Å². The lowest BCUT2D eigenvalue weighted by molar-refractivity contribution is 0.0762. The summed E-state index contributed by atoms with van der Waals surface area (Å²) in [6.45, 7) is 8.44. The third kappa shape index (κ3) is 4.60. The standard InChI is InChI=1S/C29H32N2OSSi/c1-34(2,3)19-17-32-22-31-27-20-29(24-10-6-4-7-11-24,25-12-8-5-9-13-25)16-14-26(27)28(30-31)23-15-18-33-21-23/h4-16,18,21H,17,19-20,22H2,1-3H3. The van der Waals surface area contributed by atoms with Crippen LogP contribution in [0.4, 0.5) is 0 Å². The van der Waals surface area contributed by atoms with Gasteiger partial charge < -0.3 is 4.74 Å². The Morgan fingerprint density at radius 1 is 0.971 bits per heavy atom. The van der Waals surface area contributed by atoms with Crippen molar-refractivity contribution in [2.75, 3.05) is 6.61 Å². The van der Waals surface area contributed by atoms with Crippen molar-refractivity contribution in [1.82, 2.24) is 9.78 Å². The summed E-state index contributed by atoms with van der Waals surface area (Å²) in [6, 6.07) is 25.0. The fourth-order valence-electron chi connectivity index (χ4n) is 4.70. The number of thiophene rings is 1. The summed E-state index contributed by atoms with van der Waals surface area (Å²) in [5.41, 5.74) is 7.05. The van der Waals surface area contributed by atoms with E-state index < -0.39 is 8.07 Å². The number of nitrogens with zero attached hydrogens (tertiary/aromatic N) is 2. The van der Waals surface area contributed by atoms with Crippen LogP contribution in [0.5, 0.6) is 0 Å². The van der Waals surface area contributed by atoms with Gasteiger partial charge in [-0.3, -0.25) is 0 Å². The van der Waals surface area contributed by atoms with Crippen LogP contribution >= 0.6 is 11.3 Å². The second-order valence-corrected chi connectivity index (χ2v) is 16.7. The smallest absolute Gasteiger partial charge is 0.139 e. The van der Waals surface area contributed by atoms with Gasteiger partial charge >= 0.3 is 0 Å². The molecule has 0 saturated carbocycles. The lowest BCUT2D eigenvalue weighted by Crippen LogP contribution is -2.31. The zero-order valence-corrected chi connectivity index (χ0v) is 22.0. The molecule has 4 aromatic rings. The lowest BCUT2D eigenvalue weighted by atomic mass is 9.68. The number of allylic oxidation sites excluding steroid dienone is 1. The number of rotatable bonds is 8. The molecule has 1 aliphatic carbocycles. The van der Waals surface area contributed by atoms with Crippen molar-refractivity contribution in [3.63, 3.8) is 0 Å². The van der Waals surface area contributed by atoms with Crippen LogP contribution in [0.3, 0.4) is 0 Å². The monoisotopic (exact) mass is 484 g/mol. The zero-order chi connectivity index (χ0) is 23.6. The fraction of sp³-hybridized carbons (Fsp3) is 0.276. The number of fused-ring (bicyclic) bond motifs is 1. The molecule has 34 heavy (non-hydrogen) atoms. The highest BCUT2D eigenvalue weighted by Gasteiger charge is 2.37. The third-order valence-electron chi connectivity index (χ3n) is 6.66. The third-order valence-corrected chi connectivity index (χ3v) is 9.05. The van der Waals surface area contributed by atoms with Gasteiger partial charge in [-0.25, -0.2) is 4.68 Å². The van der Waals surface area contributed by atoms with E-state index in [1.807, 2.05) is 0 Å². The predicted octanol–water partition coefficient (Wildman–Crippen LogP) is 7.48. The summed E-state index contributed by atoms with van der Waals surface area (Å²) in [7, 11) is -1.14. The maximum Gasteiger partial charge on any atom is 0.139 e. The van der Waals surface area contributed by atoms with Crippen molar-refractivity contribution >= 4 is 25.5 Å². The number of ether oxygens (including phenoxy) is 1. The Hall–Kier alpha value is -2.73. The molecule has 2 heterocycles. The normalized spacial score (nSPS) is 14.8. The van der Waals surface area contributed by atoms with Crippen LogP contribution in [0.25, 0.3) is 17.3 Å². The molecule has 0 atom stereocenters. The first-order valence-corrected chi connectivity index (χ1v) is 16.6. The van der Waals surface area contributed by atoms with Gasteiger partial charge in [0, 0.05) is 43.0 Å². The Labute approximate surface area is 207 Å². The van der Waals surface area contributed by atoms with E-state index in [2.05, 4.69) is 114 Å². The minimum absolute atomic E-state index is 0.239. The fourth-order valence-corrected chi connectivity index (χ4v) is 6.10. The first-order valence-electron chi connectivity index (χ1n) is 12.0. The maximum absolute atomic E-state index is 6.19. The van der Waals surface area contributed by atoms with E-state index in [0.29, 0.717) is 6.73 Å². The second kappa shape index (κ2) is 9.49. The predicted molar refractivity (Wildman–Crippen MR) is 146 cm³/mol. The topological polar surface area (TPSA) is 27.1 Å². The van der Waals surface area contributed by atoms with Crippen LogP contribution in [0, 0.1) is 0 Å². The molecule has 5 rings (SSSR count). The Morgan fingerprint density at radius 3 is 2.24 bits per heavy atom. The number of aromatic nitrogens is 2. The molecule has 0 amide bonds. The zero-order valence-electron chi connectivity index (χ0n) is 20.2. The van der Waals surface area contributed by atoms with Crippen molar-refractivity contribution in [3.05, 3.63) is 106 Å². The van der Waals surface area contributed by atoms with Crippen molar-refractivity contribution in [1.29, 1.82) is 0 Å². The lowest BCUT2D eigenvalue weighted by Gasteiger charge is -2.35. The SMILES string of the molecule is C[Si](C)(C)CCOCn1nc(-c2ccsc2)c2c1CC(c1ccccc1)(c1ccccc1)C=C2. The molecule has 2 aromatic carbocycles. The van der Waals surface area contributed by atoms with Crippen molar-refractivity contribution < 1.29 is 4.74 Å². The summed E-state index contributed by atoms with van der Waals surface area (Å²) in [6.07, 6.45) is 5.52. The summed E-state index contributed by atoms with van der Waals surface area (Å²) in [5.74, 6) is 0. The van der Waals surface area contributed by atoms with Crippen LogP contribution in [-0.2, 0) is 23.3 Å². The second-order valence-electron chi connectivity index (χ2n) is 10.3. The van der Waals surface area contributed by atoms with Gasteiger partial charge in [-0.2, -0.15) is 16.4 Å². The highest BCUT2D eigenvalue weighted by atomic mass is 32.1. The molecule has 0 spiro atoms. The largest absolute Gasteiger partial charge is 0.360 e. The Morgan fingerprint density at radius 2 is 1.65 bits per heavy atom. The average molecular weight is 485 g/mol. The summed E-state index contributed by atoms with van der Waals surface area (Å²) in [4.78, 5) is 0. The Balaban J connectivity index is 1.57. The molecule has 0 fully saturated rings. The summed E-state index contributed by atoms with van der Waals surface area (Å²) < 4.78 is 8.29. The molecule has 2 aromatic heterocycles. The van der Waals surface area contributed by atoms with Gasteiger partial charge in [0.25, 0.3) is 0 Å². The van der Waals surface area contributed by atoms with Gasteiger partial charge in [-0.05, 0) is 28.6 Å². The molecule has 0 aliphatic heterocycles. The number of hydrogen-bond donors (Lipinski definition) is 0. The molecule has 0 radical (unpaired) electrons. The molecule has 0 bridgehead atoms. The van der Waals surface area contributed by atoms with Crippen LogP contribution in [0.2, 0.25) is 25.7 Å². The highest BCUT2D eigenvalue weighted by molar-refractivity contribution is 7.08. The molecule has 174 valence electrons. The minimum Gasteiger partial charge on any atom is -0.360 e. The molecule has 5 heteroatoms. The van der Waals surface area contributed by atoms with E-state index in [0.717, 1.165) is 24.8 Å².